The van der Waals surface area contributed by atoms with E-state index in [9.17, 15) is 9.59 Å². The lowest BCUT2D eigenvalue weighted by Gasteiger charge is -2.19. The average Bonchev–Trinajstić information content (AvgIpc) is 2.81. The van der Waals surface area contributed by atoms with Crippen LogP contribution in [0.1, 0.15) is 23.6 Å². The molecule has 0 saturated heterocycles. The molecule has 2 aromatic carbocycles. The van der Waals surface area contributed by atoms with Crippen molar-refractivity contribution < 1.29 is 9.21 Å². The summed E-state index contributed by atoms with van der Waals surface area (Å²) in [6.07, 6.45) is -0.264. The van der Waals surface area contributed by atoms with Crippen molar-refractivity contribution in [1.29, 1.82) is 5.41 Å². The van der Waals surface area contributed by atoms with Gasteiger partial charge in [0.2, 0.25) is 16.6 Å². The second kappa shape index (κ2) is 10.9. The van der Waals surface area contributed by atoms with Gasteiger partial charge in [-0.15, -0.1) is 0 Å². The minimum atomic E-state index is -0.474. The van der Waals surface area contributed by atoms with Crippen LogP contribution in [0.3, 0.4) is 0 Å². The summed E-state index contributed by atoms with van der Waals surface area (Å²) >= 11 is 6.31. The number of amidine groups is 1. The predicted octanol–water partition coefficient (Wildman–Crippen LogP) is 2.55. The van der Waals surface area contributed by atoms with Crippen LogP contribution in [0.25, 0.3) is 11.3 Å². The number of nitrogens with one attached hydrogen (secondary N) is 3. The highest BCUT2D eigenvalue weighted by atomic mass is 35.5. The maximum absolute atomic E-state index is 13.4. The van der Waals surface area contributed by atoms with Crippen molar-refractivity contribution in [3.63, 3.8) is 0 Å². The standard InChI is InChI=1S/C24H28ClN7O3/c1-3-32(2)31-20-21(34)18(22(35-23(20)25)15-8-16(26)10-17(27)9-15)11-19(33)30-12-13-4-6-14(7-5-13)24(28)29/h4-10,31H,3,11-12,26-27H2,1-2H3,(H3,28,29)(H,30,33). The molecule has 35 heavy (non-hydrogen) atoms. The van der Waals surface area contributed by atoms with Crippen LogP contribution >= 0.6 is 11.6 Å². The Hall–Kier alpha value is -4.02. The summed E-state index contributed by atoms with van der Waals surface area (Å²) in [5.41, 5.74) is 22.5. The first-order valence-electron chi connectivity index (χ1n) is 10.8. The molecule has 184 valence electrons. The van der Waals surface area contributed by atoms with Gasteiger partial charge in [0, 0.05) is 42.6 Å². The van der Waals surface area contributed by atoms with E-state index in [2.05, 4.69) is 10.7 Å². The largest absolute Gasteiger partial charge is 0.442 e. The van der Waals surface area contributed by atoms with Gasteiger partial charge in [0.25, 0.3) is 0 Å². The third kappa shape index (κ3) is 6.31. The first kappa shape index (κ1) is 25.6. The molecular weight excluding hydrogens is 470 g/mol. The minimum absolute atomic E-state index is 0.0271. The van der Waals surface area contributed by atoms with Crippen LogP contribution in [0.15, 0.2) is 51.7 Å². The van der Waals surface area contributed by atoms with Gasteiger partial charge in [-0.1, -0.05) is 31.2 Å². The molecule has 0 saturated carbocycles. The Balaban J connectivity index is 1.94. The highest BCUT2D eigenvalue weighted by Crippen LogP contribution is 2.32. The van der Waals surface area contributed by atoms with Crippen molar-refractivity contribution in [1.82, 2.24) is 10.3 Å². The van der Waals surface area contributed by atoms with Gasteiger partial charge in [0.15, 0.2) is 5.69 Å². The van der Waals surface area contributed by atoms with Gasteiger partial charge in [-0.2, -0.15) is 0 Å². The second-order valence-corrected chi connectivity index (χ2v) is 8.31. The Labute approximate surface area is 207 Å². The number of nitrogens with zero attached hydrogens (tertiary/aromatic N) is 1. The predicted molar refractivity (Wildman–Crippen MR) is 139 cm³/mol. The first-order valence-corrected chi connectivity index (χ1v) is 11.2. The zero-order valence-electron chi connectivity index (χ0n) is 19.4. The molecule has 0 unspecified atom stereocenters. The SMILES string of the molecule is CCN(C)Nc1c(Cl)oc(-c2cc(N)cc(N)c2)c(CC(=O)NCc2ccc(C(=N)N)cc2)c1=O. The minimum Gasteiger partial charge on any atom is -0.442 e. The van der Waals surface area contributed by atoms with Gasteiger partial charge in [-0.05, 0) is 35.4 Å². The molecule has 0 radical (unpaired) electrons. The molecule has 9 N–H and O–H groups in total. The third-order valence-corrected chi connectivity index (χ3v) is 5.54. The van der Waals surface area contributed by atoms with Crippen molar-refractivity contribution in [2.24, 2.45) is 5.73 Å². The number of benzene rings is 2. The van der Waals surface area contributed by atoms with Gasteiger partial charge >= 0.3 is 0 Å². The van der Waals surface area contributed by atoms with E-state index >= 15 is 0 Å². The summed E-state index contributed by atoms with van der Waals surface area (Å²) in [5, 5.41) is 11.8. The van der Waals surface area contributed by atoms with Crippen LogP contribution in [-0.4, -0.2) is 30.3 Å². The van der Waals surface area contributed by atoms with Gasteiger partial charge in [0.05, 0.1) is 12.0 Å². The van der Waals surface area contributed by atoms with Crippen molar-refractivity contribution in [3.8, 4) is 11.3 Å². The summed E-state index contributed by atoms with van der Waals surface area (Å²) in [7, 11) is 1.74. The molecule has 1 amide bonds. The van der Waals surface area contributed by atoms with Gasteiger partial charge in [-0.3, -0.25) is 15.0 Å². The van der Waals surface area contributed by atoms with E-state index in [4.69, 9.17) is 38.6 Å². The summed E-state index contributed by atoms with van der Waals surface area (Å²) in [4.78, 5) is 26.3. The summed E-state index contributed by atoms with van der Waals surface area (Å²) in [5.74, 6) is -0.323. The van der Waals surface area contributed by atoms with E-state index in [1.54, 1.807) is 54.5 Å². The number of hydrogen-bond donors (Lipinski definition) is 6. The molecule has 10 nitrogen and oxygen atoms in total. The van der Waals surface area contributed by atoms with Crippen LogP contribution in [0.5, 0.6) is 0 Å². The quantitative estimate of drug-likeness (QED) is 0.113. The number of amides is 1. The molecule has 0 spiro atoms. The zero-order chi connectivity index (χ0) is 25.7. The molecule has 0 bridgehead atoms. The first-order chi connectivity index (χ1) is 16.6. The highest BCUT2D eigenvalue weighted by Gasteiger charge is 2.23. The Morgan fingerprint density at radius 2 is 1.77 bits per heavy atom. The fourth-order valence-electron chi connectivity index (χ4n) is 3.34. The molecule has 0 aliphatic rings. The summed E-state index contributed by atoms with van der Waals surface area (Å²) in [6.45, 7) is 2.70. The van der Waals surface area contributed by atoms with Crippen LogP contribution in [-0.2, 0) is 17.8 Å². The smallest absolute Gasteiger partial charge is 0.224 e. The lowest BCUT2D eigenvalue weighted by molar-refractivity contribution is -0.120. The molecule has 1 aromatic heterocycles. The van der Waals surface area contributed by atoms with Crippen molar-refractivity contribution >= 4 is 40.4 Å². The Morgan fingerprint density at radius 3 is 2.34 bits per heavy atom. The molecule has 3 rings (SSSR count). The van der Waals surface area contributed by atoms with Gasteiger partial charge in [-0.25, -0.2) is 5.01 Å². The van der Waals surface area contributed by atoms with Gasteiger partial charge in [0.1, 0.15) is 11.6 Å². The number of hydrogen-bond acceptors (Lipinski definition) is 8. The van der Waals surface area contributed by atoms with Crippen molar-refractivity contribution in [3.05, 3.63) is 74.6 Å². The molecule has 0 aliphatic heterocycles. The molecule has 0 aliphatic carbocycles. The van der Waals surface area contributed by atoms with Crippen molar-refractivity contribution in [2.75, 3.05) is 30.5 Å². The van der Waals surface area contributed by atoms with Crippen LogP contribution in [0.4, 0.5) is 17.1 Å². The fraction of sp³-hybridized carbons (Fsp3) is 0.208. The summed E-state index contributed by atoms with van der Waals surface area (Å²) in [6, 6.07) is 11.7. The molecule has 11 heteroatoms. The number of carbonyl (C=O) groups is 1. The lowest BCUT2D eigenvalue weighted by Crippen LogP contribution is -2.31. The number of rotatable bonds is 9. The molecule has 0 fully saturated rings. The van der Waals surface area contributed by atoms with Gasteiger partial charge < -0.3 is 32.4 Å². The number of nitrogens with two attached hydrogens (primary N) is 3. The van der Waals surface area contributed by atoms with E-state index in [0.29, 0.717) is 29.0 Å². The average molecular weight is 498 g/mol. The van der Waals surface area contributed by atoms with E-state index in [0.717, 1.165) is 5.56 Å². The van der Waals surface area contributed by atoms with Crippen molar-refractivity contribution in [2.45, 2.75) is 19.9 Å². The zero-order valence-corrected chi connectivity index (χ0v) is 20.2. The van der Waals surface area contributed by atoms with E-state index in [-0.39, 0.29) is 41.0 Å². The number of nitrogen functional groups attached to an aromatic ring is 3. The number of carbonyl (C=O) groups excluding carboxylic acids is 1. The normalized spacial score (nSPS) is 10.9. The Kier molecular flexibility index (Phi) is 8.00. The van der Waals surface area contributed by atoms with Crippen LogP contribution in [0, 0.1) is 5.41 Å². The Morgan fingerprint density at radius 1 is 1.14 bits per heavy atom. The van der Waals surface area contributed by atoms with E-state index in [1.807, 2.05) is 6.92 Å². The van der Waals surface area contributed by atoms with E-state index in [1.165, 1.54) is 0 Å². The monoisotopic (exact) mass is 497 g/mol. The highest BCUT2D eigenvalue weighted by molar-refractivity contribution is 6.31. The van der Waals surface area contributed by atoms with E-state index < -0.39 is 11.3 Å². The number of halogens is 1. The Bertz CT molecular complexity index is 1290. The fourth-order valence-corrected chi connectivity index (χ4v) is 3.54. The maximum atomic E-state index is 13.4. The second-order valence-electron chi connectivity index (χ2n) is 7.97. The number of hydrazine groups is 1. The van der Waals surface area contributed by atoms with Crippen LogP contribution in [0.2, 0.25) is 5.22 Å². The third-order valence-electron chi connectivity index (χ3n) is 5.27. The molecule has 1 heterocycles. The number of anilines is 3. The lowest BCUT2D eigenvalue weighted by atomic mass is 10.0. The molecular formula is C24H28ClN7O3. The molecule has 0 atom stereocenters. The topological polar surface area (TPSA) is 176 Å². The summed E-state index contributed by atoms with van der Waals surface area (Å²) < 4.78 is 5.81. The maximum Gasteiger partial charge on any atom is 0.224 e. The van der Waals surface area contributed by atoms with Crippen LogP contribution < -0.4 is 33.4 Å². The molecule has 3 aromatic rings.